The molecule has 0 spiro atoms. The van der Waals surface area contributed by atoms with Crippen LogP contribution in [0.4, 0.5) is 0 Å². The third kappa shape index (κ3) is 4.53. The zero-order valence-corrected chi connectivity index (χ0v) is 18.4. The first kappa shape index (κ1) is 20.5. The minimum Gasteiger partial charge on any atom is -0.351 e. The molecule has 2 aromatic heterocycles. The second-order valence-corrected chi connectivity index (χ2v) is 9.71. The quantitative estimate of drug-likeness (QED) is 0.730. The average Bonchev–Trinajstić information content (AvgIpc) is 3.49. The van der Waals surface area contributed by atoms with Crippen LogP contribution in [0.5, 0.6) is 0 Å². The number of hydrogen-bond acceptors (Lipinski definition) is 6. The number of carbonyl (C=O) groups is 2. The molecule has 2 aliphatic rings. The van der Waals surface area contributed by atoms with Gasteiger partial charge in [-0.2, -0.15) is 0 Å². The van der Waals surface area contributed by atoms with Crippen molar-refractivity contribution in [2.45, 2.75) is 82.8 Å². The third-order valence-corrected chi connectivity index (χ3v) is 7.74. The van der Waals surface area contributed by atoms with Crippen LogP contribution in [-0.4, -0.2) is 38.4 Å². The maximum atomic E-state index is 13.6. The SMILES string of the molecule is Cc1ccsc1[C@H](C(=O)NC1CCCCC1)N(C(=O)c1csnn1)C1CCCC1. The predicted molar refractivity (Wildman–Crippen MR) is 115 cm³/mol. The van der Waals surface area contributed by atoms with Gasteiger partial charge in [0.2, 0.25) is 5.91 Å². The molecule has 2 heterocycles. The number of thiophene rings is 1. The van der Waals surface area contributed by atoms with Crippen LogP contribution in [0.3, 0.4) is 0 Å². The molecular weight excluding hydrogens is 404 g/mol. The van der Waals surface area contributed by atoms with Gasteiger partial charge in [-0.1, -0.05) is 36.6 Å². The number of nitrogens with zero attached hydrogens (tertiary/aromatic N) is 3. The average molecular weight is 433 g/mol. The van der Waals surface area contributed by atoms with Gasteiger partial charge in [0.15, 0.2) is 5.69 Å². The van der Waals surface area contributed by atoms with Gasteiger partial charge >= 0.3 is 0 Å². The van der Waals surface area contributed by atoms with E-state index < -0.39 is 6.04 Å². The molecule has 0 bridgehead atoms. The van der Waals surface area contributed by atoms with E-state index in [0.717, 1.165) is 61.8 Å². The fourth-order valence-electron chi connectivity index (χ4n) is 4.63. The van der Waals surface area contributed by atoms with E-state index in [0.29, 0.717) is 5.69 Å². The molecule has 2 aliphatic carbocycles. The van der Waals surface area contributed by atoms with Gasteiger partial charge in [-0.15, -0.1) is 16.4 Å². The van der Waals surface area contributed by atoms with Gasteiger partial charge in [-0.3, -0.25) is 9.59 Å². The van der Waals surface area contributed by atoms with E-state index in [9.17, 15) is 9.59 Å². The van der Waals surface area contributed by atoms with E-state index >= 15 is 0 Å². The zero-order chi connectivity index (χ0) is 20.2. The Labute approximate surface area is 179 Å². The maximum absolute atomic E-state index is 13.6. The van der Waals surface area contributed by atoms with Crippen LogP contribution in [0, 0.1) is 6.92 Å². The Hall–Kier alpha value is -1.80. The first-order valence-electron chi connectivity index (χ1n) is 10.6. The van der Waals surface area contributed by atoms with Crippen LogP contribution in [0.15, 0.2) is 16.8 Å². The van der Waals surface area contributed by atoms with Crippen molar-refractivity contribution >= 4 is 34.7 Å². The lowest BCUT2D eigenvalue weighted by molar-refractivity contribution is -0.127. The Kier molecular flexibility index (Phi) is 6.60. The number of amides is 2. The van der Waals surface area contributed by atoms with E-state index in [2.05, 4.69) is 14.9 Å². The lowest BCUT2D eigenvalue weighted by Crippen LogP contribution is -2.50. The van der Waals surface area contributed by atoms with Crippen molar-refractivity contribution in [2.75, 3.05) is 0 Å². The van der Waals surface area contributed by atoms with Gasteiger partial charge in [-0.25, -0.2) is 0 Å². The summed E-state index contributed by atoms with van der Waals surface area (Å²) in [6.45, 7) is 2.02. The number of rotatable bonds is 6. The summed E-state index contributed by atoms with van der Waals surface area (Å²) < 4.78 is 3.88. The molecule has 0 radical (unpaired) electrons. The molecule has 156 valence electrons. The molecule has 1 atom stereocenters. The van der Waals surface area contributed by atoms with Gasteiger partial charge in [0.05, 0.1) is 0 Å². The molecule has 2 saturated carbocycles. The summed E-state index contributed by atoms with van der Waals surface area (Å²) in [4.78, 5) is 29.9. The molecule has 4 rings (SSSR count). The molecule has 2 amide bonds. The molecule has 1 N–H and O–H groups in total. The summed E-state index contributed by atoms with van der Waals surface area (Å²) in [7, 11) is 0. The van der Waals surface area contributed by atoms with Crippen LogP contribution in [0.1, 0.15) is 84.8 Å². The molecule has 0 aromatic carbocycles. The van der Waals surface area contributed by atoms with Crippen LogP contribution >= 0.6 is 22.9 Å². The normalized spacial score (nSPS) is 19.2. The Balaban J connectivity index is 1.68. The number of carbonyl (C=O) groups excluding carboxylic acids is 2. The third-order valence-electron chi connectivity index (χ3n) is 6.16. The van der Waals surface area contributed by atoms with Crippen LogP contribution in [-0.2, 0) is 4.79 Å². The second-order valence-electron chi connectivity index (χ2n) is 8.15. The van der Waals surface area contributed by atoms with E-state index in [1.807, 2.05) is 23.3 Å². The highest BCUT2D eigenvalue weighted by molar-refractivity contribution is 7.10. The summed E-state index contributed by atoms with van der Waals surface area (Å²) in [5.41, 5.74) is 1.40. The summed E-state index contributed by atoms with van der Waals surface area (Å²) in [5, 5.41) is 11.0. The van der Waals surface area contributed by atoms with Crippen LogP contribution in [0.2, 0.25) is 0 Å². The largest absolute Gasteiger partial charge is 0.351 e. The molecule has 6 nitrogen and oxygen atoms in total. The first-order chi connectivity index (χ1) is 14.1. The maximum Gasteiger partial charge on any atom is 0.276 e. The molecule has 2 aromatic rings. The van der Waals surface area contributed by atoms with Crippen molar-refractivity contribution in [3.05, 3.63) is 33.0 Å². The number of aryl methyl sites for hydroxylation is 1. The Morgan fingerprint density at radius 3 is 2.48 bits per heavy atom. The van der Waals surface area contributed by atoms with Crippen molar-refractivity contribution in [1.82, 2.24) is 19.8 Å². The Morgan fingerprint density at radius 1 is 1.14 bits per heavy atom. The van der Waals surface area contributed by atoms with Gasteiger partial charge in [-0.05, 0) is 61.1 Å². The van der Waals surface area contributed by atoms with Gasteiger partial charge in [0, 0.05) is 22.3 Å². The highest BCUT2D eigenvalue weighted by Gasteiger charge is 2.40. The monoisotopic (exact) mass is 432 g/mol. The molecule has 0 saturated heterocycles. The van der Waals surface area contributed by atoms with Gasteiger partial charge in [0.25, 0.3) is 5.91 Å². The summed E-state index contributed by atoms with van der Waals surface area (Å²) in [6, 6.07) is 1.70. The van der Waals surface area contributed by atoms with Crippen molar-refractivity contribution in [2.24, 2.45) is 0 Å². The summed E-state index contributed by atoms with van der Waals surface area (Å²) in [5.74, 6) is -0.229. The molecule has 2 fully saturated rings. The van der Waals surface area contributed by atoms with E-state index in [1.165, 1.54) is 18.0 Å². The molecule has 0 unspecified atom stereocenters. The highest BCUT2D eigenvalue weighted by atomic mass is 32.1. The first-order valence-corrected chi connectivity index (χ1v) is 12.3. The lowest BCUT2D eigenvalue weighted by atomic mass is 9.95. The lowest BCUT2D eigenvalue weighted by Gasteiger charge is -2.36. The van der Waals surface area contributed by atoms with E-state index in [4.69, 9.17) is 0 Å². The minimum atomic E-state index is -0.603. The molecule has 0 aliphatic heterocycles. The predicted octanol–water partition coefficient (Wildman–Crippen LogP) is 4.48. The summed E-state index contributed by atoms with van der Waals surface area (Å²) in [6.07, 6.45) is 9.64. The smallest absolute Gasteiger partial charge is 0.276 e. The van der Waals surface area contributed by atoms with E-state index in [-0.39, 0.29) is 23.9 Å². The fourth-order valence-corrected chi connectivity index (χ4v) is 6.08. The summed E-state index contributed by atoms with van der Waals surface area (Å²) >= 11 is 2.73. The minimum absolute atomic E-state index is 0.0501. The Morgan fingerprint density at radius 2 is 1.86 bits per heavy atom. The Bertz CT molecular complexity index is 824. The molecular formula is C21H28N4O2S2. The van der Waals surface area contributed by atoms with Crippen molar-refractivity contribution in [3.63, 3.8) is 0 Å². The van der Waals surface area contributed by atoms with Crippen molar-refractivity contribution in [1.29, 1.82) is 0 Å². The van der Waals surface area contributed by atoms with Gasteiger partial charge in [0.1, 0.15) is 6.04 Å². The number of hydrogen-bond donors (Lipinski definition) is 1. The standard InChI is InChI=1S/C21H28N4O2S2/c1-14-11-12-28-19(14)18(20(26)22-15-7-3-2-4-8-15)25(16-9-5-6-10-16)21(27)17-13-29-24-23-17/h11-13,15-16,18H,2-10H2,1H3,(H,22,26)/t18-/m1/s1. The van der Waals surface area contributed by atoms with Crippen LogP contribution in [0.25, 0.3) is 0 Å². The second kappa shape index (κ2) is 9.34. The number of nitrogens with one attached hydrogen (secondary N) is 1. The van der Waals surface area contributed by atoms with Crippen molar-refractivity contribution < 1.29 is 9.59 Å². The fraction of sp³-hybridized carbons (Fsp3) is 0.619. The molecule has 8 heteroatoms. The molecule has 29 heavy (non-hydrogen) atoms. The van der Waals surface area contributed by atoms with E-state index in [1.54, 1.807) is 16.7 Å². The highest BCUT2D eigenvalue weighted by Crippen LogP contribution is 2.36. The zero-order valence-electron chi connectivity index (χ0n) is 16.8. The number of aromatic nitrogens is 2. The topological polar surface area (TPSA) is 75.2 Å². The van der Waals surface area contributed by atoms with Gasteiger partial charge < -0.3 is 10.2 Å². The van der Waals surface area contributed by atoms with Crippen molar-refractivity contribution in [3.8, 4) is 0 Å². The van der Waals surface area contributed by atoms with Crippen LogP contribution < -0.4 is 5.32 Å².